The minimum Gasteiger partial charge on any atom is -0.411 e. The van der Waals surface area contributed by atoms with Gasteiger partial charge in [-0.1, -0.05) is 20.8 Å². The van der Waals surface area contributed by atoms with E-state index in [1.165, 1.54) is 0 Å². The molecule has 1 rings (SSSR count). The largest absolute Gasteiger partial charge is 0.411 e. The topological polar surface area (TPSA) is 38.7 Å². The summed E-state index contributed by atoms with van der Waals surface area (Å²) in [6.07, 6.45) is 2.10. The molecule has 0 unspecified atom stereocenters. The van der Waals surface area contributed by atoms with Gasteiger partial charge in [0.05, 0.1) is 18.8 Å². The fourth-order valence-electron chi connectivity index (χ4n) is 1.69. The van der Waals surface area contributed by atoms with Crippen molar-refractivity contribution in [3.63, 3.8) is 0 Å². The van der Waals surface area contributed by atoms with Crippen molar-refractivity contribution < 1.29 is 14.3 Å². The third-order valence-corrected chi connectivity index (χ3v) is 8.30. The van der Waals surface area contributed by atoms with Crippen molar-refractivity contribution in [3.05, 3.63) is 0 Å². The van der Waals surface area contributed by atoms with Crippen LogP contribution in [0.4, 0.5) is 0 Å². The molecule has 4 heteroatoms. The lowest BCUT2D eigenvalue weighted by Crippen LogP contribution is -2.44. The molecular weight excluding hydrogens is 220 g/mol. The van der Waals surface area contributed by atoms with Gasteiger partial charge in [0.1, 0.15) is 0 Å². The van der Waals surface area contributed by atoms with Gasteiger partial charge in [-0.2, -0.15) is 0 Å². The molecule has 0 saturated carbocycles. The number of hydrogen-bond donors (Lipinski definition) is 1. The summed E-state index contributed by atoms with van der Waals surface area (Å²) in [6.45, 7) is 12.2. The van der Waals surface area contributed by atoms with Crippen molar-refractivity contribution in [2.24, 2.45) is 0 Å². The van der Waals surface area contributed by atoms with Gasteiger partial charge in [-0.15, -0.1) is 0 Å². The summed E-state index contributed by atoms with van der Waals surface area (Å²) in [5.74, 6) is 0. The molecule has 1 saturated heterocycles. The van der Waals surface area contributed by atoms with Gasteiger partial charge in [0.25, 0.3) is 0 Å². The molecule has 1 fully saturated rings. The lowest BCUT2D eigenvalue weighted by Gasteiger charge is -2.38. The monoisotopic (exact) mass is 246 g/mol. The van der Waals surface area contributed by atoms with Crippen LogP contribution in [0.1, 0.15) is 33.6 Å². The minimum absolute atomic E-state index is 0.194. The maximum atomic E-state index is 8.86. The van der Waals surface area contributed by atoms with Gasteiger partial charge in [-0.3, -0.25) is 0 Å². The standard InChI is InChI=1S/C12H26O3Si/c1-12(2,3)16(4,5)15-11-8-10(6-7-13)14-9-11/h10-11,13H,6-9H2,1-5H3/t10-,11-/m0/s1. The molecule has 0 aromatic rings. The second-order valence-electron chi connectivity index (χ2n) is 6.20. The van der Waals surface area contributed by atoms with Crippen LogP contribution in [0.15, 0.2) is 0 Å². The van der Waals surface area contributed by atoms with Crippen LogP contribution < -0.4 is 0 Å². The second kappa shape index (κ2) is 5.17. The number of aliphatic hydroxyl groups is 1. The predicted octanol–water partition coefficient (Wildman–Crippen LogP) is 2.55. The van der Waals surface area contributed by atoms with Crippen molar-refractivity contribution in [1.82, 2.24) is 0 Å². The molecule has 0 spiro atoms. The number of rotatable bonds is 4. The quantitative estimate of drug-likeness (QED) is 0.775. The van der Waals surface area contributed by atoms with Crippen LogP contribution in [0.5, 0.6) is 0 Å². The molecule has 16 heavy (non-hydrogen) atoms. The Morgan fingerprint density at radius 2 is 2.00 bits per heavy atom. The fraction of sp³-hybridized carbons (Fsp3) is 1.00. The third-order valence-electron chi connectivity index (χ3n) is 3.76. The minimum atomic E-state index is -1.66. The number of aliphatic hydroxyl groups excluding tert-OH is 1. The fourth-order valence-corrected chi connectivity index (χ4v) is 3.04. The first-order chi connectivity index (χ1) is 7.26. The highest BCUT2D eigenvalue weighted by Crippen LogP contribution is 2.38. The van der Waals surface area contributed by atoms with Crippen molar-refractivity contribution in [1.29, 1.82) is 0 Å². The van der Waals surface area contributed by atoms with Gasteiger partial charge in [-0.05, 0) is 24.6 Å². The van der Waals surface area contributed by atoms with Gasteiger partial charge in [0, 0.05) is 13.0 Å². The smallest absolute Gasteiger partial charge is 0.192 e. The Balaban J connectivity index is 2.45. The zero-order valence-corrected chi connectivity index (χ0v) is 12.2. The van der Waals surface area contributed by atoms with E-state index >= 15 is 0 Å². The first-order valence-electron chi connectivity index (χ1n) is 6.16. The van der Waals surface area contributed by atoms with Gasteiger partial charge in [0.15, 0.2) is 8.32 Å². The lowest BCUT2D eigenvalue weighted by atomic mass is 10.2. The molecule has 0 aromatic heterocycles. The SMILES string of the molecule is CC(C)(C)[Si](C)(C)O[C@@H]1CO[C@@H](CCO)C1. The highest BCUT2D eigenvalue weighted by atomic mass is 28.4. The van der Waals surface area contributed by atoms with Gasteiger partial charge >= 0.3 is 0 Å². The maximum absolute atomic E-state index is 8.86. The van der Waals surface area contributed by atoms with E-state index in [0.29, 0.717) is 6.61 Å². The molecule has 0 bridgehead atoms. The summed E-state index contributed by atoms with van der Waals surface area (Å²) < 4.78 is 11.9. The molecule has 0 radical (unpaired) electrons. The molecule has 1 N–H and O–H groups in total. The molecule has 1 heterocycles. The molecule has 1 aliphatic heterocycles. The molecule has 2 atom stereocenters. The summed E-state index contributed by atoms with van der Waals surface area (Å²) >= 11 is 0. The second-order valence-corrected chi connectivity index (χ2v) is 11.0. The van der Waals surface area contributed by atoms with E-state index in [9.17, 15) is 0 Å². The van der Waals surface area contributed by atoms with Crippen LogP contribution in [0.2, 0.25) is 18.1 Å². The Morgan fingerprint density at radius 3 is 2.50 bits per heavy atom. The summed E-state index contributed by atoms with van der Waals surface area (Å²) in [4.78, 5) is 0. The Labute approximate surface area is 100 Å². The molecule has 0 aliphatic carbocycles. The molecule has 0 aromatic carbocycles. The Hall–Kier alpha value is 0.0969. The van der Waals surface area contributed by atoms with Crippen LogP contribution in [0.25, 0.3) is 0 Å². The average molecular weight is 246 g/mol. The van der Waals surface area contributed by atoms with E-state index in [-0.39, 0.29) is 23.9 Å². The highest BCUT2D eigenvalue weighted by Gasteiger charge is 2.40. The summed E-state index contributed by atoms with van der Waals surface area (Å²) in [5, 5.41) is 9.11. The Kier molecular flexibility index (Phi) is 4.57. The zero-order valence-electron chi connectivity index (χ0n) is 11.2. The molecule has 3 nitrogen and oxygen atoms in total. The predicted molar refractivity (Wildman–Crippen MR) is 68.1 cm³/mol. The zero-order chi connectivity index (χ0) is 12.4. The molecule has 0 amide bonds. The average Bonchev–Trinajstić information content (AvgIpc) is 2.50. The van der Waals surface area contributed by atoms with Crippen molar-refractivity contribution in [2.45, 2.75) is 64.0 Å². The van der Waals surface area contributed by atoms with Crippen molar-refractivity contribution in [3.8, 4) is 0 Å². The molecule has 96 valence electrons. The van der Waals surface area contributed by atoms with Gasteiger partial charge < -0.3 is 14.3 Å². The Bertz CT molecular complexity index is 223. The molecule has 1 aliphatic rings. The van der Waals surface area contributed by atoms with Gasteiger partial charge in [0.2, 0.25) is 0 Å². The number of hydrogen-bond acceptors (Lipinski definition) is 3. The maximum Gasteiger partial charge on any atom is 0.192 e. The van der Waals surface area contributed by atoms with Crippen molar-refractivity contribution in [2.75, 3.05) is 13.2 Å². The highest BCUT2D eigenvalue weighted by molar-refractivity contribution is 6.74. The number of ether oxygens (including phenoxy) is 1. The van der Waals surface area contributed by atoms with E-state index in [4.69, 9.17) is 14.3 Å². The van der Waals surface area contributed by atoms with Crippen molar-refractivity contribution >= 4 is 8.32 Å². The van der Waals surface area contributed by atoms with Crippen LogP contribution in [0.3, 0.4) is 0 Å². The van der Waals surface area contributed by atoms with Gasteiger partial charge in [-0.25, -0.2) is 0 Å². The normalized spacial score (nSPS) is 27.4. The van der Waals surface area contributed by atoms with Crippen LogP contribution in [0, 0.1) is 0 Å². The van der Waals surface area contributed by atoms with Crippen LogP contribution >= 0.6 is 0 Å². The summed E-state index contributed by atoms with van der Waals surface area (Å²) in [5.41, 5.74) is 0. The van der Waals surface area contributed by atoms with Crippen LogP contribution in [-0.2, 0) is 9.16 Å². The van der Waals surface area contributed by atoms with E-state index in [0.717, 1.165) is 12.8 Å². The van der Waals surface area contributed by atoms with E-state index in [1.807, 2.05) is 0 Å². The third kappa shape index (κ3) is 3.55. The Morgan fingerprint density at radius 1 is 1.38 bits per heavy atom. The van der Waals surface area contributed by atoms with E-state index in [1.54, 1.807) is 0 Å². The summed E-state index contributed by atoms with van der Waals surface area (Å²) in [6, 6.07) is 0. The first kappa shape index (κ1) is 14.2. The molecular formula is C12H26O3Si. The van der Waals surface area contributed by atoms with Crippen LogP contribution in [-0.4, -0.2) is 38.8 Å². The van der Waals surface area contributed by atoms with E-state index < -0.39 is 8.32 Å². The lowest BCUT2D eigenvalue weighted by molar-refractivity contribution is 0.0747. The summed E-state index contributed by atoms with van der Waals surface area (Å²) in [7, 11) is -1.66. The van der Waals surface area contributed by atoms with E-state index in [2.05, 4.69) is 33.9 Å². The first-order valence-corrected chi connectivity index (χ1v) is 9.07.